The summed E-state index contributed by atoms with van der Waals surface area (Å²) in [5.74, 6) is -1.45. The Bertz CT molecular complexity index is 1260. The summed E-state index contributed by atoms with van der Waals surface area (Å²) in [5.41, 5.74) is 3.13. The number of ketones is 1. The number of fused-ring (bicyclic) bond motifs is 1. The average molecular weight is 422 g/mol. The summed E-state index contributed by atoms with van der Waals surface area (Å²) in [6.07, 6.45) is 3.44. The predicted octanol–water partition coefficient (Wildman–Crippen LogP) is 3.98. The third-order valence-corrected chi connectivity index (χ3v) is 5.19. The van der Waals surface area contributed by atoms with Gasteiger partial charge in [-0.25, -0.2) is 9.37 Å². The lowest BCUT2D eigenvalue weighted by Crippen LogP contribution is -2.14. The van der Waals surface area contributed by atoms with E-state index in [2.05, 4.69) is 20.3 Å². The number of nitrogens with zero attached hydrogens (tertiary/aromatic N) is 3. The molecule has 0 radical (unpaired) electrons. The zero-order valence-electron chi connectivity index (χ0n) is 15.7. The normalized spacial score (nSPS) is 10.9. The molecule has 3 heterocycles. The van der Waals surface area contributed by atoms with Crippen molar-refractivity contribution >= 4 is 39.7 Å². The molecule has 0 saturated heterocycles. The van der Waals surface area contributed by atoms with Gasteiger partial charge in [0.05, 0.1) is 11.7 Å². The molecule has 0 fully saturated rings. The van der Waals surface area contributed by atoms with Gasteiger partial charge in [-0.05, 0) is 35.7 Å². The molecule has 30 heavy (non-hydrogen) atoms. The molecule has 0 bridgehead atoms. The number of benzene rings is 1. The Morgan fingerprint density at radius 1 is 1.17 bits per heavy atom. The highest BCUT2D eigenvalue weighted by atomic mass is 32.1. The first kappa shape index (κ1) is 19.6. The van der Waals surface area contributed by atoms with Crippen molar-refractivity contribution in [1.29, 1.82) is 0 Å². The molecule has 150 valence electrons. The number of anilines is 1. The number of nitrogens with one attached hydrogen (secondary N) is 1. The maximum absolute atomic E-state index is 13.2. The van der Waals surface area contributed by atoms with E-state index >= 15 is 0 Å². The summed E-state index contributed by atoms with van der Waals surface area (Å²) in [6, 6.07) is 7.81. The molecule has 0 saturated carbocycles. The molecule has 2 N–H and O–H groups in total. The molecule has 4 aromatic rings. The standard InChI is InChI=1S/C21H15FN4O3S/c1-11(27)17-19(28)18-15(20(25-17)26-21(29)16-9-23-10-30-16)7-13(8-24-18)6-12-2-4-14(22)5-3-12/h2-5,7-10,28H,6H2,1H3,(H,25,26,29). The second kappa shape index (κ2) is 7.96. The van der Waals surface area contributed by atoms with Gasteiger partial charge in [0.2, 0.25) is 0 Å². The number of thiazole rings is 1. The second-order valence-electron chi connectivity index (χ2n) is 6.58. The number of hydrogen-bond donors (Lipinski definition) is 2. The maximum atomic E-state index is 13.2. The topological polar surface area (TPSA) is 105 Å². The molecular formula is C21H15FN4O3S. The number of rotatable bonds is 5. The SMILES string of the molecule is CC(=O)c1nc(NC(=O)c2cncs2)c2cc(Cc3ccc(F)cc3)cnc2c1O. The Kier molecular flexibility index (Phi) is 5.20. The fourth-order valence-corrected chi connectivity index (χ4v) is 3.50. The number of hydrogen-bond acceptors (Lipinski definition) is 7. The van der Waals surface area contributed by atoms with E-state index in [1.807, 2.05) is 0 Å². The lowest BCUT2D eigenvalue weighted by Gasteiger charge is -2.12. The van der Waals surface area contributed by atoms with Crippen molar-refractivity contribution in [2.24, 2.45) is 0 Å². The molecule has 1 amide bonds. The summed E-state index contributed by atoms with van der Waals surface area (Å²) in [7, 11) is 0. The zero-order chi connectivity index (χ0) is 21.3. The lowest BCUT2D eigenvalue weighted by molar-refractivity contribution is 0.100. The number of carbonyl (C=O) groups is 2. The van der Waals surface area contributed by atoms with Gasteiger partial charge in [-0.2, -0.15) is 0 Å². The predicted molar refractivity (Wildman–Crippen MR) is 110 cm³/mol. The van der Waals surface area contributed by atoms with Crippen LogP contribution in [0.1, 0.15) is 38.2 Å². The van der Waals surface area contributed by atoms with Gasteiger partial charge >= 0.3 is 0 Å². The van der Waals surface area contributed by atoms with E-state index in [-0.39, 0.29) is 28.6 Å². The number of Topliss-reactive ketones (excluding diaryl/α,β-unsaturated/α-hetero) is 1. The van der Waals surface area contributed by atoms with Gasteiger partial charge in [0.25, 0.3) is 5.91 Å². The minimum atomic E-state index is -0.458. The number of pyridine rings is 2. The third kappa shape index (κ3) is 3.87. The highest BCUT2D eigenvalue weighted by Gasteiger charge is 2.20. The van der Waals surface area contributed by atoms with Crippen LogP contribution in [0.15, 0.2) is 48.2 Å². The molecule has 9 heteroatoms. The van der Waals surface area contributed by atoms with Crippen LogP contribution in [-0.2, 0) is 6.42 Å². The number of halogens is 1. The van der Waals surface area contributed by atoms with Crippen LogP contribution < -0.4 is 5.32 Å². The van der Waals surface area contributed by atoms with E-state index in [1.165, 1.54) is 30.8 Å². The Morgan fingerprint density at radius 2 is 1.93 bits per heavy atom. The van der Waals surface area contributed by atoms with Crippen LogP contribution in [0.4, 0.5) is 10.2 Å². The fourth-order valence-electron chi connectivity index (χ4n) is 2.99. The van der Waals surface area contributed by atoms with E-state index in [0.29, 0.717) is 16.7 Å². The molecule has 0 aliphatic heterocycles. The van der Waals surface area contributed by atoms with Gasteiger partial charge in [0, 0.05) is 18.5 Å². The van der Waals surface area contributed by atoms with Crippen LogP contribution in [-0.4, -0.2) is 31.7 Å². The Labute approximate surface area is 174 Å². The van der Waals surface area contributed by atoms with E-state index in [9.17, 15) is 19.1 Å². The van der Waals surface area contributed by atoms with E-state index in [4.69, 9.17) is 0 Å². The van der Waals surface area contributed by atoms with E-state index in [0.717, 1.165) is 22.5 Å². The van der Waals surface area contributed by atoms with E-state index < -0.39 is 11.7 Å². The first-order valence-corrected chi connectivity index (χ1v) is 9.77. The molecule has 1 aromatic carbocycles. The number of aromatic nitrogens is 3. The van der Waals surface area contributed by atoms with Crippen molar-refractivity contribution in [3.05, 3.63) is 75.8 Å². The monoisotopic (exact) mass is 422 g/mol. The Morgan fingerprint density at radius 3 is 2.60 bits per heavy atom. The van der Waals surface area contributed by atoms with Crippen LogP contribution in [0.2, 0.25) is 0 Å². The smallest absolute Gasteiger partial charge is 0.268 e. The minimum absolute atomic E-state index is 0.111. The zero-order valence-corrected chi connectivity index (χ0v) is 16.5. The maximum Gasteiger partial charge on any atom is 0.268 e. The fraction of sp³-hybridized carbons (Fsp3) is 0.0952. The second-order valence-corrected chi connectivity index (χ2v) is 7.46. The van der Waals surface area contributed by atoms with Gasteiger partial charge in [0.15, 0.2) is 17.2 Å². The number of amides is 1. The van der Waals surface area contributed by atoms with Gasteiger partial charge in [-0.15, -0.1) is 11.3 Å². The molecule has 3 aromatic heterocycles. The molecule has 0 spiro atoms. The highest BCUT2D eigenvalue weighted by Crippen LogP contribution is 2.32. The van der Waals surface area contributed by atoms with Crippen LogP contribution >= 0.6 is 11.3 Å². The van der Waals surface area contributed by atoms with Crippen LogP contribution in [0, 0.1) is 5.82 Å². The molecule has 0 aliphatic rings. The molecular weight excluding hydrogens is 407 g/mol. The minimum Gasteiger partial charge on any atom is -0.504 e. The third-order valence-electron chi connectivity index (χ3n) is 4.41. The quantitative estimate of drug-likeness (QED) is 0.472. The molecule has 0 aliphatic carbocycles. The van der Waals surface area contributed by atoms with E-state index in [1.54, 1.807) is 24.4 Å². The summed E-state index contributed by atoms with van der Waals surface area (Å²) in [6.45, 7) is 1.27. The Hall–Kier alpha value is -3.72. The van der Waals surface area contributed by atoms with Crippen molar-refractivity contribution in [1.82, 2.24) is 15.0 Å². The summed E-state index contributed by atoms with van der Waals surface area (Å²) in [4.78, 5) is 37.1. The van der Waals surface area contributed by atoms with Crippen LogP contribution in [0.25, 0.3) is 10.9 Å². The largest absolute Gasteiger partial charge is 0.504 e. The molecule has 4 rings (SSSR count). The highest BCUT2D eigenvalue weighted by molar-refractivity contribution is 7.11. The van der Waals surface area contributed by atoms with Crippen molar-refractivity contribution < 1.29 is 19.1 Å². The number of aromatic hydroxyl groups is 1. The first-order valence-electron chi connectivity index (χ1n) is 8.89. The Balaban J connectivity index is 1.79. The van der Waals surface area contributed by atoms with Gasteiger partial charge in [-0.3, -0.25) is 19.6 Å². The summed E-state index contributed by atoms with van der Waals surface area (Å²) < 4.78 is 13.2. The molecule has 7 nitrogen and oxygen atoms in total. The van der Waals surface area contributed by atoms with Crippen molar-refractivity contribution in [3.63, 3.8) is 0 Å². The van der Waals surface area contributed by atoms with Crippen LogP contribution in [0.3, 0.4) is 0 Å². The van der Waals surface area contributed by atoms with Gasteiger partial charge in [0.1, 0.15) is 22.0 Å². The van der Waals surface area contributed by atoms with Crippen molar-refractivity contribution in [2.45, 2.75) is 13.3 Å². The summed E-state index contributed by atoms with van der Waals surface area (Å²) in [5, 5.41) is 13.5. The van der Waals surface area contributed by atoms with Gasteiger partial charge in [-0.1, -0.05) is 12.1 Å². The first-order chi connectivity index (χ1) is 14.4. The van der Waals surface area contributed by atoms with Gasteiger partial charge < -0.3 is 10.4 Å². The lowest BCUT2D eigenvalue weighted by atomic mass is 10.0. The van der Waals surface area contributed by atoms with Crippen molar-refractivity contribution in [3.8, 4) is 5.75 Å². The summed E-state index contributed by atoms with van der Waals surface area (Å²) >= 11 is 1.16. The number of carbonyl (C=O) groups excluding carboxylic acids is 2. The molecule has 0 unspecified atom stereocenters. The van der Waals surface area contributed by atoms with Crippen molar-refractivity contribution in [2.75, 3.05) is 5.32 Å². The molecule has 0 atom stereocenters. The average Bonchev–Trinajstić information content (AvgIpc) is 3.26. The van der Waals surface area contributed by atoms with Crippen LogP contribution in [0.5, 0.6) is 5.75 Å².